The van der Waals surface area contributed by atoms with E-state index in [0.717, 1.165) is 16.7 Å². The zero-order chi connectivity index (χ0) is 23.1. The lowest BCUT2D eigenvalue weighted by molar-refractivity contribution is 0.410. The predicted molar refractivity (Wildman–Crippen MR) is 132 cm³/mol. The van der Waals surface area contributed by atoms with Crippen molar-refractivity contribution in [2.24, 2.45) is 5.73 Å². The minimum Gasteiger partial charge on any atom is -0.387 e. The SMILES string of the molecule is C/C(=C(/C)S(=O)(=O)N(CCc1ccccc1)Cc1csc(CC(=N)N)n1)c1ccccc1. The fourth-order valence-corrected chi connectivity index (χ4v) is 5.64. The standard InChI is InChI=1S/C24H28N4O2S2/c1-18(21-11-7-4-8-12-21)19(2)32(29,30)28(14-13-20-9-5-3-6-10-20)16-22-17-31-24(27-22)15-23(25)26/h3-12,17H,13-16H2,1-2H3,(H3,25,26)/b19-18+. The molecular formula is C24H28N4O2S2. The molecule has 3 rings (SSSR count). The highest BCUT2D eigenvalue weighted by Gasteiger charge is 2.27. The molecule has 0 bridgehead atoms. The topological polar surface area (TPSA) is 100 Å². The molecule has 0 amide bonds. The molecule has 6 nitrogen and oxygen atoms in total. The Labute approximate surface area is 194 Å². The minimum atomic E-state index is -3.72. The quantitative estimate of drug-likeness (QED) is 0.339. The van der Waals surface area contributed by atoms with E-state index in [9.17, 15) is 8.42 Å². The molecule has 168 valence electrons. The van der Waals surface area contributed by atoms with Gasteiger partial charge in [-0.3, -0.25) is 5.41 Å². The van der Waals surface area contributed by atoms with Crippen LogP contribution in [-0.4, -0.2) is 30.1 Å². The van der Waals surface area contributed by atoms with Crippen molar-refractivity contribution in [3.8, 4) is 0 Å². The Morgan fingerprint density at radius 1 is 1.06 bits per heavy atom. The van der Waals surface area contributed by atoms with Gasteiger partial charge in [-0.1, -0.05) is 60.7 Å². The van der Waals surface area contributed by atoms with Crippen LogP contribution in [0.1, 0.15) is 35.7 Å². The number of hydrogen-bond donors (Lipinski definition) is 2. The maximum Gasteiger partial charge on any atom is 0.239 e. The number of nitrogens with two attached hydrogens (primary N) is 1. The monoisotopic (exact) mass is 468 g/mol. The molecule has 3 aromatic rings. The Balaban J connectivity index is 1.91. The zero-order valence-corrected chi connectivity index (χ0v) is 19.9. The molecule has 0 fully saturated rings. The van der Waals surface area contributed by atoms with E-state index in [1.54, 1.807) is 6.92 Å². The van der Waals surface area contributed by atoms with Crippen LogP contribution in [0.5, 0.6) is 0 Å². The smallest absolute Gasteiger partial charge is 0.239 e. The number of thiazole rings is 1. The molecule has 0 aliphatic rings. The maximum atomic E-state index is 13.6. The lowest BCUT2D eigenvalue weighted by Gasteiger charge is -2.23. The van der Waals surface area contributed by atoms with Crippen LogP contribution < -0.4 is 5.73 Å². The molecule has 0 spiro atoms. The van der Waals surface area contributed by atoms with Crippen LogP contribution in [-0.2, 0) is 29.4 Å². The molecule has 1 heterocycles. The van der Waals surface area contributed by atoms with Gasteiger partial charge in [-0.25, -0.2) is 13.4 Å². The summed E-state index contributed by atoms with van der Waals surface area (Å²) in [6.07, 6.45) is 0.871. The van der Waals surface area contributed by atoms with Crippen molar-refractivity contribution in [2.75, 3.05) is 6.54 Å². The number of nitrogens with one attached hydrogen (secondary N) is 1. The summed E-state index contributed by atoms with van der Waals surface area (Å²) in [7, 11) is -3.72. The largest absolute Gasteiger partial charge is 0.387 e. The van der Waals surface area contributed by atoms with E-state index in [2.05, 4.69) is 4.98 Å². The van der Waals surface area contributed by atoms with E-state index in [1.807, 2.05) is 73.0 Å². The van der Waals surface area contributed by atoms with Crippen LogP contribution >= 0.6 is 11.3 Å². The summed E-state index contributed by atoms with van der Waals surface area (Å²) < 4.78 is 28.8. The molecule has 0 unspecified atom stereocenters. The van der Waals surface area contributed by atoms with Gasteiger partial charge in [0.1, 0.15) is 5.01 Å². The number of rotatable bonds is 10. The molecule has 0 atom stereocenters. The summed E-state index contributed by atoms with van der Waals surface area (Å²) in [5.74, 6) is 0.0386. The second-order valence-corrected chi connectivity index (χ2v) is 10.6. The molecule has 0 saturated heterocycles. The van der Waals surface area contributed by atoms with Gasteiger partial charge in [0.25, 0.3) is 0 Å². The fourth-order valence-electron chi connectivity index (χ4n) is 3.31. The Bertz CT molecular complexity index is 1190. The molecular weight excluding hydrogens is 440 g/mol. The number of aromatic nitrogens is 1. The molecule has 8 heteroatoms. The van der Waals surface area contributed by atoms with Crippen molar-refractivity contribution >= 4 is 32.8 Å². The van der Waals surface area contributed by atoms with E-state index in [0.29, 0.717) is 28.6 Å². The van der Waals surface area contributed by atoms with Crippen LogP contribution in [0.4, 0.5) is 0 Å². The normalized spacial score (nSPS) is 12.6. The highest BCUT2D eigenvalue weighted by Crippen LogP contribution is 2.26. The average Bonchev–Trinajstić information content (AvgIpc) is 3.22. The van der Waals surface area contributed by atoms with Crippen LogP contribution in [0.15, 0.2) is 70.9 Å². The molecule has 3 N–H and O–H groups in total. The summed E-state index contributed by atoms with van der Waals surface area (Å²) in [6, 6.07) is 19.4. The van der Waals surface area contributed by atoms with Gasteiger partial charge in [0.05, 0.1) is 29.4 Å². The first kappa shape index (κ1) is 23.8. The Kier molecular flexibility index (Phi) is 7.95. The number of allylic oxidation sites excluding steroid dienone is 2. The number of benzene rings is 2. The van der Waals surface area contributed by atoms with Gasteiger partial charge >= 0.3 is 0 Å². The van der Waals surface area contributed by atoms with Crippen molar-refractivity contribution < 1.29 is 8.42 Å². The molecule has 32 heavy (non-hydrogen) atoms. The van der Waals surface area contributed by atoms with Crippen LogP contribution in [0.3, 0.4) is 0 Å². The number of nitrogens with zero attached hydrogens (tertiary/aromatic N) is 2. The number of amidine groups is 1. The van der Waals surface area contributed by atoms with E-state index in [-0.39, 0.29) is 18.8 Å². The molecule has 0 aliphatic heterocycles. The second kappa shape index (κ2) is 10.7. The average molecular weight is 469 g/mol. The van der Waals surface area contributed by atoms with E-state index in [1.165, 1.54) is 15.6 Å². The Hall–Kier alpha value is -2.81. The van der Waals surface area contributed by atoms with Gasteiger partial charge in [0.2, 0.25) is 10.0 Å². The van der Waals surface area contributed by atoms with Gasteiger partial charge in [-0.15, -0.1) is 11.3 Å². The van der Waals surface area contributed by atoms with E-state index >= 15 is 0 Å². The summed E-state index contributed by atoms with van der Waals surface area (Å²) in [5.41, 5.74) is 8.83. The molecule has 0 saturated carbocycles. The van der Waals surface area contributed by atoms with Gasteiger partial charge in [-0.2, -0.15) is 4.31 Å². The molecule has 1 aromatic heterocycles. The summed E-state index contributed by atoms with van der Waals surface area (Å²) in [6.45, 7) is 4.01. The Morgan fingerprint density at radius 2 is 1.69 bits per heavy atom. The molecule has 2 aromatic carbocycles. The lowest BCUT2D eigenvalue weighted by Crippen LogP contribution is -2.33. The van der Waals surface area contributed by atoms with E-state index in [4.69, 9.17) is 11.1 Å². The summed E-state index contributed by atoms with van der Waals surface area (Å²) >= 11 is 1.39. The predicted octanol–water partition coefficient (Wildman–Crippen LogP) is 4.45. The summed E-state index contributed by atoms with van der Waals surface area (Å²) in [5, 5.41) is 10.0. The van der Waals surface area contributed by atoms with Crippen molar-refractivity contribution in [3.05, 3.63) is 92.8 Å². The highest BCUT2D eigenvalue weighted by atomic mass is 32.2. The Morgan fingerprint density at radius 3 is 2.31 bits per heavy atom. The molecule has 0 aliphatic carbocycles. The van der Waals surface area contributed by atoms with Crippen LogP contribution in [0, 0.1) is 5.41 Å². The first-order valence-electron chi connectivity index (χ1n) is 10.3. The van der Waals surface area contributed by atoms with Gasteiger partial charge in [0.15, 0.2) is 0 Å². The van der Waals surface area contributed by atoms with Gasteiger partial charge < -0.3 is 5.73 Å². The number of hydrogen-bond acceptors (Lipinski definition) is 5. The van der Waals surface area contributed by atoms with Crippen molar-refractivity contribution in [1.82, 2.24) is 9.29 Å². The van der Waals surface area contributed by atoms with E-state index < -0.39 is 10.0 Å². The van der Waals surface area contributed by atoms with Crippen molar-refractivity contribution in [2.45, 2.75) is 33.2 Å². The maximum absolute atomic E-state index is 13.6. The van der Waals surface area contributed by atoms with Gasteiger partial charge in [-0.05, 0) is 37.0 Å². The minimum absolute atomic E-state index is 0.0386. The first-order chi connectivity index (χ1) is 15.3. The van der Waals surface area contributed by atoms with Gasteiger partial charge in [0, 0.05) is 11.9 Å². The first-order valence-corrected chi connectivity index (χ1v) is 12.6. The molecule has 0 radical (unpaired) electrons. The van der Waals surface area contributed by atoms with Crippen molar-refractivity contribution in [3.63, 3.8) is 0 Å². The van der Waals surface area contributed by atoms with Crippen LogP contribution in [0.25, 0.3) is 5.57 Å². The third kappa shape index (κ3) is 6.12. The lowest BCUT2D eigenvalue weighted by atomic mass is 10.1. The fraction of sp³-hybridized carbons (Fsp3) is 0.250. The third-order valence-electron chi connectivity index (χ3n) is 5.23. The third-order valence-corrected chi connectivity index (χ3v) is 8.20. The number of sulfonamides is 1. The second-order valence-electron chi connectivity index (χ2n) is 7.56. The van der Waals surface area contributed by atoms with Crippen LogP contribution in [0.2, 0.25) is 0 Å². The van der Waals surface area contributed by atoms with Crippen molar-refractivity contribution in [1.29, 1.82) is 5.41 Å². The zero-order valence-electron chi connectivity index (χ0n) is 18.3. The highest BCUT2D eigenvalue weighted by molar-refractivity contribution is 7.93. The summed E-state index contributed by atoms with van der Waals surface area (Å²) in [4.78, 5) is 4.83.